The summed E-state index contributed by atoms with van der Waals surface area (Å²) in [4.78, 5) is 23.8. The Hall–Kier alpha value is -4.50. The predicted molar refractivity (Wildman–Crippen MR) is 152 cm³/mol. The molecule has 5 heterocycles. The Bertz CT molecular complexity index is 1790. The molecule has 196 valence electrons. The van der Waals surface area contributed by atoms with Gasteiger partial charge in [-0.1, -0.05) is 13.0 Å². The SMILES string of the molecule is CCc1cncc(-c2cc3c(-c4nc5nccc(-c6cc(F)cc(CCCN(C)C)c6)c5[nH]4)n[nH]c3cn2)c1. The maximum atomic E-state index is 14.7. The summed E-state index contributed by atoms with van der Waals surface area (Å²) in [6.07, 6.45) is 9.83. The van der Waals surface area contributed by atoms with Crippen LogP contribution in [0.1, 0.15) is 24.5 Å². The first-order valence-corrected chi connectivity index (χ1v) is 13.1. The molecule has 0 bridgehead atoms. The minimum atomic E-state index is -0.253. The number of nitrogens with one attached hydrogen (secondary N) is 2. The number of H-pyrrole nitrogens is 2. The highest BCUT2D eigenvalue weighted by Crippen LogP contribution is 2.32. The second-order valence-corrected chi connectivity index (χ2v) is 10.0. The Morgan fingerprint density at radius 2 is 1.82 bits per heavy atom. The number of fused-ring (bicyclic) bond motifs is 2. The first kappa shape index (κ1) is 24.8. The Morgan fingerprint density at radius 3 is 2.67 bits per heavy atom. The molecule has 9 heteroatoms. The van der Waals surface area contributed by atoms with Gasteiger partial charge in [0.1, 0.15) is 11.5 Å². The molecule has 6 aromatic rings. The van der Waals surface area contributed by atoms with Crippen molar-refractivity contribution < 1.29 is 4.39 Å². The van der Waals surface area contributed by atoms with Crippen LogP contribution >= 0.6 is 0 Å². The van der Waals surface area contributed by atoms with Gasteiger partial charge in [0.15, 0.2) is 11.5 Å². The smallest absolute Gasteiger partial charge is 0.178 e. The number of hydrogen-bond donors (Lipinski definition) is 2. The third-order valence-corrected chi connectivity index (χ3v) is 6.90. The maximum Gasteiger partial charge on any atom is 0.178 e. The van der Waals surface area contributed by atoms with Crippen LogP contribution in [0.25, 0.3) is 56.0 Å². The van der Waals surface area contributed by atoms with Crippen molar-refractivity contribution in [1.29, 1.82) is 0 Å². The highest BCUT2D eigenvalue weighted by molar-refractivity contribution is 5.96. The molecular formula is C30H29FN8. The molecule has 0 radical (unpaired) electrons. The first-order valence-electron chi connectivity index (χ1n) is 13.1. The van der Waals surface area contributed by atoms with Gasteiger partial charge in [-0.15, -0.1) is 0 Å². The standard InChI is InChI=1S/C30H29FN8/c1-4-18-10-21(16-32-15-18)25-14-24-26(17-34-25)37-38-28(24)30-35-27-23(7-8-33-29(27)36-30)20-11-19(12-22(31)13-20)6-5-9-39(2)3/h7-8,10-17H,4-6,9H2,1-3H3,(H,37,38)(H,33,35,36). The van der Waals surface area contributed by atoms with Crippen LogP contribution in [0.4, 0.5) is 4.39 Å². The minimum Gasteiger partial charge on any atom is -0.335 e. The second-order valence-electron chi connectivity index (χ2n) is 10.0. The Labute approximate surface area is 225 Å². The number of aryl methyl sites for hydroxylation is 2. The number of hydrogen-bond acceptors (Lipinski definition) is 6. The monoisotopic (exact) mass is 520 g/mol. The van der Waals surface area contributed by atoms with E-state index >= 15 is 0 Å². The lowest BCUT2D eigenvalue weighted by Crippen LogP contribution is -2.13. The number of imidazole rings is 1. The first-order chi connectivity index (χ1) is 19.0. The molecule has 0 amide bonds. The molecule has 39 heavy (non-hydrogen) atoms. The van der Waals surface area contributed by atoms with E-state index in [9.17, 15) is 4.39 Å². The summed E-state index contributed by atoms with van der Waals surface area (Å²) < 4.78 is 14.7. The van der Waals surface area contributed by atoms with Crippen LogP contribution in [0.15, 0.2) is 61.2 Å². The Balaban J connectivity index is 1.40. The fraction of sp³-hybridized carbons (Fsp3) is 0.233. The van der Waals surface area contributed by atoms with Crippen molar-refractivity contribution in [3.05, 3.63) is 78.1 Å². The zero-order valence-electron chi connectivity index (χ0n) is 22.2. The Kier molecular flexibility index (Phi) is 6.58. The molecule has 0 saturated heterocycles. The molecule has 0 aliphatic heterocycles. The van der Waals surface area contributed by atoms with Crippen LogP contribution in [0.3, 0.4) is 0 Å². The van der Waals surface area contributed by atoms with Crippen LogP contribution in [-0.2, 0) is 12.8 Å². The quantitative estimate of drug-likeness (QED) is 0.262. The summed E-state index contributed by atoms with van der Waals surface area (Å²) >= 11 is 0. The lowest BCUT2D eigenvalue weighted by atomic mass is 10.0. The van der Waals surface area contributed by atoms with Crippen LogP contribution in [0, 0.1) is 5.82 Å². The number of pyridine rings is 3. The fourth-order valence-electron chi connectivity index (χ4n) is 4.89. The highest BCUT2D eigenvalue weighted by atomic mass is 19.1. The van der Waals surface area contributed by atoms with Gasteiger partial charge >= 0.3 is 0 Å². The summed E-state index contributed by atoms with van der Waals surface area (Å²) in [6.45, 7) is 3.05. The molecule has 0 unspecified atom stereocenters. The van der Waals surface area contributed by atoms with E-state index in [1.54, 1.807) is 24.5 Å². The van der Waals surface area contributed by atoms with Crippen LogP contribution in [0.2, 0.25) is 0 Å². The third kappa shape index (κ3) is 5.00. The van der Waals surface area contributed by atoms with Crippen molar-refractivity contribution in [2.45, 2.75) is 26.2 Å². The molecule has 0 aliphatic carbocycles. The zero-order valence-corrected chi connectivity index (χ0v) is 22.2. The van der Waals surface area contributed by atoms with Crippen LogP contribution in [0.5, 0.6) is 0 Å². The van der Waals surface area contributed by atoms with Crippen molar-refractivity contribution in [1.82, 2.24) is 40.0 Å². The van der Waals surface area contributed by atoms with E-state index in [-0.39, 0.29) is 5.82 Å². The molecule has 0 spiro atoms. The molecule has 0 atom stereocenters. The normalized spacial score (nSPS) is 11.7. The molecular weight excluding hydrogens is 491 g/mol. The van der Waals surface area contributed by atoms with E-state index in [1.807, 2.05) is 44.7 Å². The van der Waals surface area contributed by atoms with Crippen molar-refractivity contribution >= 4 is 22.1 Å². The fourth-order valence-corrected chi connectivity index (χ4v) is 4.89. The maximum absolute atomic E-state index is 14.7. The number of benzene rings is 1. The number of aromatic amines is 2. The number of nitrogens with zero attached hydrogens (tertiary/aromatic N) is 6. The van der Waals surface area contributed by atoms with E-state index in [0.29, 0.717) is 17.2 Å². The molecule has 2 N–H and O–H groups in total. The molecule has 6 rings (SSSR count). The zero-order chi connectivity index (χ0) is 26.9. The van der Waals surface area contributed by atoms with Gasteiger partial charge in [-0.25, -0.2) is 14.4 Å². The molecule has 5 aromatic heterocycles. The van der Waals surface area contributed by atoms with E-state index in [0.717, 1.165) is 75.7 Å². The average molecular weight is 521 g/mol. The predicted octanol–water partition coefficient (Wildman–Crippen LogP) is 5.82. The second kappa shape index (κ2) is 10.3. The van der Waals surface area contributed by atoms with Crippen molar-refractivity contribution in [2.24, 2.45) is 0 Å². The molecule has 8 nitrogen and oxygen atoms in total. The number of halogens is 1. The van der Waals surface area contributed by atoms with Crippen molar-refractivity contribution in [3.8, 4) is 33.9 Å². The average Bonchev–Trinajstić information content (AvgIpc) is 3.56. The van der Waals surface area contributed by atoms with Gasteiger partial charge in [-0.3, -0.25) is 15.1 Å². The molecule has 0 aliphatic rings. The van der Waals surface area contributed by atoms with Crippen molar-refractivity contribution in [2.75, 3.05) is 20.6 Å². The van der Waals surface area contributed by atoms with E-state index < -0.39 is 0 Å². The number of aromatic nitrogens is 7. The molecule has 1 aromatic carbocycles. The van der Waals surface area contributed by atoms with Gasteiger partial charge in [-0.05, 0) is 86.9 Å². The highest BCUT2D eigenvalue weighted by Gasteiger charge is 2.17. The summed E-state index contributed by atoms with van der Waals surface area (Å²) in [5, 5.41) is 8.49. The van der Waals surface area contributed by atoms with Gasteiger partial charge < -0.3 is 9.88 Å². The molecule has 0 saturated carbocycles. The van der Waals surface area contributed by atoms with E-state index in [4.69, 9.17) is 4.98 Å². The Morgan fingerprint density at radius 1 is 0.949 bits per heavy atom. The van der Waals surface area contributed by atoms with E-state index in [2.05, 4.69) is 48.0 Å². The van der Waals surface area contributed by atoms with Crippen LogP contribution < -0.4 is 0 Å². The van der Waals surface area contributed by atoms with Gasteiger partial charge in [0.05, 0.1) is 22.9 Å². The third-order valence-electron chi connectivity index (χ3n) is 6.90. The largest absolute Gasteiger partial charge is 0.335 e. The van der Waals surface area contributed by atoms with Crippen LogP contribution in [-0.4, -0.2) is 60.7 Å². The lowest BCUT2D eigenvalue weighted by molar-refractivity contribution is 0.400. The van der Waals surface area contributed by atoms with E-state index in [1.165, 1.54) is 0 Å². The summed E-state index contributed by atoms with van der Waals surface area (Å²) in [7, 11) is 4.09. The van der Waals surface area contributed by atoms with Gasteiger partial charge in [0.25, 0.3) is 0 Å². The number of rotatable bonds is 8. The van der Waals surface area contributed by atoms with Gasteiger partial charge in [0, 0.05) is 35.1 Å². The van der Waals surface area contributed by atoms with Gasteiger partial charge in [0.2, 0.25) is 0 Å². The summed E-state index contributed by atoms with van der Waals surface area (Å²) in [6, 6.07) is 11.2. The van der Waals surface area contributed by atoms with Gasteiger partial charge in [-0.2, -0.15) is 5.10 Å². The molecule has 0 fully saturated rings. The minimum absolute atomic E-state index is 0.253. The summed E-state index contributed by atoms with van der Waals surface area (Å²) in [5.41, 5.74) is 8.27. The summed E-state index contributed by atoms with van der Waals surface area (Å²) in [5.74, 6) is 0.327. The van der Waals surface area contributed by atoms with Crippen molar-refractivity contribution in [3.63, 3.8) is 0 Å². The lowest BCUT2D eigenvalue weighted by Gasteiger charge is -2.10. The topological polar surface area (TPSA) is 99.3 Å².